The third-order valence-corrected chi connectivity index (χ3v) is 2.85. The number of nitrogens with one attached hydrogen (secondary N) is 1. The van der Waals surface area contributed by atoms with E-state index < -0.39 is 17.8 Å². The Labute approximate surface area is 113 Å². The van der Waals surface area contributed by atoms with Crippen LogP contribution in [0.5, 0.6) is 0 Å². The van der Waals surface area contributed by atoms with Gasteiger partial charge in [-0.25, -0.2) is 0 Å². The molecule has 1 aromatic carbocycles. The van der Waals surface area contributed by atoms with Crippen LogP contribution in [-0.4, -0.2) is 15.6 Å². The van der Waals surface area contributed by atoms with E-state index in [1.54, 1.807) is 30.3 Å². The Hall–Kier alpha value is -2.31. The molecule has 7 heteroatoms. The summed E-state index contributed by atoms with van der Waals surface area (Å²) in [6, 6.07) is 8.36. The average Bonchev–Trinajstić information content (AvgIpc) is 2.86. The van der Waals surface area contributed by atoms with Crippen molar-refractivity contribution in [2.45, 2.75) is 18.6 Å². The lowest BCUT2D eigenvalue weighted by molar-refractivity contribution is -0.137. The fourth-order valence-corrected chi connectivity index (χ4v) is 1.90. The maximum Gasteiger partial charge on any atom is 0.419 e. The van der Waals surface area contributed by atoms with Crippen molar-refractivity contribution in [3.63, 3.8) is 0 Å². The number of hydrogen-bond donors (Lipinski definition) is 2. The Morgan fingerprint density at radius 3 is 2.45 bits per heavy atom. The van der Waals surface area contributed by atoms with Gasteiger partial charge in [-0.1, -0.05) is 30.3 Å². The molecule has 106 valence electrons. The van der Waals surface area contributed by atoms with Gasteiger partial charge in [-0.15, -0.1) is 0 Å². The first-order chi connectivity index (χ1) is 9.38. The van der Waals surface area contributed by atoms with E-state index >= 15 is 0 Å². The van der Waals surface area contributed by atoms with Crippen molar-refractivity contribution in [2.24, 2.45) is 5.73 Å². The smallest absolute Gasteiger partial charge is 0.388 e. The van der Waals surface area contributed by atoms with Gasteiger partial charge in [-0.3, -0.25) is 10.1 Å². The minimum absolute atomic E-state index is 0.100. The second-order valence-electron chi connectivity index (χ2n) is 4.36. The number of hydrogen-bond acceptors (Lipinski definition) is 2. The summed E-state index contributed by atoms with van der Waals surface area (Å²) < 4.78 is 39.0. The molecule has 0 fully saturated rings. The van der Waals surface area contributed by atoms with Crippen molar-refractivity contribution in [3.05, 3.63) is 53.9 Å². The molecule has 2 aromatic rings. The van der Waals surface area contributed by atoms with E-state index in [4.69, 9.17) is 11.1 Å². The topological polar surface area (TPSA) is 67.7 Å². The Bertz CT molecular complexity index is 589. The van der Waals surface area contributed by atoms with Gasteiger partial charge in [0.25, 0.3) is 0 Å². The lowest BCUT2D eigenvalue weighted by atomic mass is 10.0. The largest absolute Gasteiger partial charge is 0.419 e. The first kappa shape index (κ1) is 14.1. The number of nitrogens with two attached hydrogens (primary N) is 1. The lowest BCUT2D eigenvalue weighted by Gasteiger charge is -2.17. The van der Waals surface area contributed by atoms with Crippen LogP contribution in [0, 0.1) is 5.41 Å². The molecule has 0 saturated heterocycles. The molecule has 0 radical (unpaired) electrons. The van der Waals surface area contributed by atoms with Crippen molar-refractivity contribution in [2.75, 3.05) is 0 Å². The fourth-order valence-electron chi connectivity index (χ4n) is 1.90. The molecule has 1 atom stereocenters. The summed E-state index contributed by atoms with van der Waals surface area (Å²) in [4.78, 5) is 0. The van der Waals surface area contributed by atoms with Crippen LogP contribution in [0.15, 0.2) is 42.7 Å². The van der Waals surface area contributed by atoms with Crippen molar-refractivity contribution in [1.29, 1.82) is 5.41 Å². The normalized spacial score (nSPS) is 13.2. The van der Waals surface area contributed by atoms with Gasteiger partial charge in [0.15, 0.2) is 0 Å². The summed E-state index contributed by atoms with van der Waals surface area (Å²) >= 11 is 0. The van der Waals surface area contributed by atoms with E-state index in [1.807, 2.05) is 0 Å². The second kappa shape index (κ2) is 5.36. The van der Waals surface area contributed by atoms with Crippen molar-refractivity contribution >= 4 is 5.84 Å². The van der Waals surface area contributed by atoms with Gasteiger partial charge in [-0.05, 0) is 5.56 Å². The number of aromatic nitrogens is 2. The molecular formula is C13H13F3N4. The van der Waals surface area contributed by atoms with Crippen LogP contribution in [0.25, 0.3) is 0 Å². The van der Waals surface area contributed by atoms with Crippen molar-refractivity contribution < 1.29 is 13.2 Å². The highest BCUT2D eigenvalue weighted by Gasteiger charge is 2.33. The highest BCUT2D eigenvalue weighted by Crippen LogP contribution is 2.30. The lowest BCUT2D eigenvalue weighted by Crippen LogP contribution is -2.20. The van der Waals surface area contributed by atoms with E-state index in [-0.39, 0.29) is 12.3 Å². The van der Waals surface area contributed by atoms with Crippen molar-refractivity contribution in [3.8, 4) is 0 Å². The van der Waals surface area contributed by atoms with Gasteiger partial charge in [0.2, 0.25) is 0 Å². The van der Waals surface area contributed by atoms with Crippen LogP contribution in [0.3, 0.4) is 0 Å². The van der Waals surface area contributed by atoms with Gasteiger partial charge in [0.05, 0.1) is 23.6 Å². The number of alkyl halides is 3. The minimum Gasteiger partial charge on any atom is -0.388 e. The van der Waals surface area contributed by atoms with E-state index in [0.717, 1.165) is 18.0 Å². The highest BCUT2D eigenvalue weighted by molar-refractivity contribution is 5.77. The molecular weight excluding hydrogens is 269 g/mol. The molecule has 0 spiro atoms. The van der Waals surface area contributed by atoms with Crippen LogP contribution in [0.2, 0.25) is 0 Å². The van der Waals surface area contributed by atoms with E-state index in [2.05, 4.69) is 5.10 Å². The number of rotatable bonds is 4. The monoisotopic (exact) mass is 282 g/mol. The molecule has 0 aliphatic heterocycles. The summed E-state index contributed by atoms with van der Waals surface area (Å²) in [5.74, 6) is -0.108. The zero-order chi connectivity index (χ0) is 14.8. The molecule has 20 heavy (non-hydrogen) atoms. The molecule has 2 rings (SSSR count). The molecule has 0 aliphatic carbocycles. The molecule has 1 heterocycles. The first-order valence-electron chi connectivity index (χ1n) is 5.87. The third kappa shape index (κ3) is 3.17. The Morgan fingerprint density at radius 2 is 1.95 bits per heavy atom. The molecule has 1 unspecified atom stereocenters. The third-order valence-electron chi connectivity index (χ3n) is 2.85. The first-order valence-corrected chi connectivity index (χ1v) is 5.87. The zero-order valence-electron chi connectivity index (χ0n) is 10.4. The van der Waals surface area contributed by atoms with Gasteiger partial charge >= 0.3 is 6.18 Å². The van der Waals surface area contributed by atoms with Crippen LogP contribution in [0.1, 0.15) is 23.6 Å². The molecule has 4 nitrogen and oxygen atoms in total. The Morgan fingerprint density at radius 1 is 1.30 bits per heavy atom. The number of halogens is 3. The van der Waals surface area contributed by atoms with Gasteiger partial charge in [0.1, 0.15) is 0 Å². The maximum absolute atomic E-state index is 12.6. The zero-order valence-corrected chi connectivity index (χ0v) is 10.4. The average molecular weight is 282 g/mol. The Balaban J connectivity index is 2.37. The number of benzene rings is 1. The fraction of sp³-hybridized carbons (Fsp3) is 0.231. The second-order valence-corrected chi connectivity index (χ2v) is 4.36. The molecule has 0 aliphatic rings. The Kier molecular flexibility index (Phi) is 3.78. The standard InChI is InChI=1S/C13H13F3N4/c14-13(15,16)10-7-19-20(8-10)11(6-12(17)18)9-4-2-1-3-5-9/h1-5,7-8,11H,6H2,(H3,17,18). The van der Waals surface area contributed by atoms with E-state index in [9.17, 15) is 13.2 Å². The molecule has 0 bridgehead atoms. The van der Waals surface area contributed by atoms with Crippen molar-refractivity contribution in [1.82, 2.24) is 9.78 Å². The van der Waals surface area contributed by atoms with Crippen LogP contribution >= 0.6 is 0 Å². The van der Waals surface area contributed by atoms with Crippen LogP contribution in [-0.2, 0) is 6.18 Å². The maximum atomic E-state index is 12.6. The van der Waals surface area contributed by atoms with Gasteiger partial charge in [0, 0.05) is 12.6 Å². The van der Waals surface area contributed by atoms with E-state index in [0.29, 0.717) is 0 Å². The summed E-state index contributed by atoms with van der Waals surface area (Å²) in [5, 5.41) is 11.1. The number of nitrogens with zero attached hydrogens (tertiary/aromatic N) is 2. The number of amidine groups is 1. The van der Waals surface area contributed by atoms with Gasteiger partial charge in [-0.2, -0.15) is 18.3 Å². The van der Waals surface area contributed by atoms with Crippen LogP contribution < -0.4 is 5.73 Å². The van der Waals surface area contributed by atoms with E-state index in [1.165, 1.54) is 4.68 Å². The molecule has 0 amide bonds. The summed E-state index contributed by atoms with van der Waals surface area (Å²) in [6.07, 6.45) is -2.63. The predicted molar refractivity (Wildman–Crippen MR) is 68.3 cm³/mol. The molecule has 1 aromatic heterocycles. The molecule has 3 N–H and O–H groups in total. The molecule has 0 saturated carbocycles. The van der Waals surface area contributed by atoms with Crippen LogP contribution in [0.4, 0.5) is 13.2 Å². The predicted octanol–water partition coefficient (Wildman–Crippen LogP) is 2.82. The quantitative estimate of drug-likeness (QED) is 0.669. The van der Waals surface area contributed by atoms with Gasteiger partial charge < -0.3 is 5.73 Å². The summed E-state index contributed by atoms with van der Waals surface area (Å²) in [7, 11) is 0. The minimum atomic E-state index is -4.43. The highest BCUT2D eigenvalue weighted by atomic mass is 19.4. The SMILES string of the molecule is N=C(N)CC(c1ccccc1)n1cc(C(F)(F)F)cn1. The summed E-state index contributed by atoms with van der Waals surface area (Å²) in [6.45, 7) is 0. The summed E-state index contributed by atoms with van der Waals surface area (Å²) in [5.41, 5.74) is 5.31.